The molecule has 7 nitrogen and oxygen atoms in total. The lowest BCUT2D eigenvalue weighted by Crippen LogP contribution is -2.49. The predicted octanol–water partition coefficient (Wildman–Crippen LogP) is 4.02. The van der Waals surface area contributed by atoms with Crippen molar-refractivity contribution in [1.29, 1.82) is 0 Å². The number of amides is 2. The van der Waals surface area contributed by atoms with E-state index in [2.05, 4.69) is 34.9 Å². The molecule has 2 aliphatic carbocycles. The molecule has 2 aromatic rings. The summed E-state index contributed by atoms with van der Waals surface area (Å²) in [5.41, 5.74) is 4.56. The summed E-state index contributed by atoms with van der Waals surface area (Å²) >= 11 is 1.59. The Morgan fingerprint density at radius 2 is 1.71 bits per heavy atom. The molecule has 4 rings (SSSR count). The topological polar surface area (TPSA) is 105 Å². The van der Waals surface area contributed by atoms with Crippen LogP contribution in [0.4, 0.5) is 4.79 Å². The molecule has 0 saturated heterocycles. The van der Waals surface area contributed by atoms with E-state index in [1.54, 1.807) is 11.8 Å². The number of fused-ring (bicyclic) bond motifs is 3. The van der Waals surface area contributed by atoms with E-state index < -0.39 is 24.0 Å². The smallest absolute Gasteiger partial charge is 0.407 e. The first-order chi connectivity index (χ1) is 16.5. The van der Waals surface area contributed by atoms with Crippen LogP contribution in [0.3, 0.4) is 0 Å². The molecule has 2 aliphatic rings. The molecule has 3 N–H and O–H groups in total. The number of aliphatic carboxylic acids is 1. The van der Waals surface area contributed by atoms with Gasteiger partial charge in [0.1, 0.15) is 12.6 Å². The molecule has 2 amide bonds. The van der Waals surface area contributed by atoms with Crippen LogP contribution in [0, 0.1) is 5.92 Å². The van der Waals surface area contributed by atoms with Crippen LogP contribution in [0.15, 0.2) is 48.5 Å². The third kappa shape index (κ3) is 5.38. The lowest BCUT2D eigenvalue weighted by molar-refractivity contribution is -0.141. The first-order valence-electron chi connectivity index (χ1n) is 11.6. The van der Waals surface area contributed by atoms with Crippen molar-refractivity contribution in [3.05, 3.63) is 59.7 Å². The number of carboxylic acid groups (broad SMARTS) is 1. The molecule has 0 unspecified atom stereocenters. The number of hydrogen-bond acceptors (Lipinski definition) is 5. The van der Waals surface area contributed by atoms with Crippen LogP contribution < -0.4 is 10.6 Å². The molecule has 0 aliphatic heterocycles. The van der Waals surface area contributed by atoms with Gasteiger partial charge in [0.25, 0.3) is 0 Å². The molecule has 0 aromatic heterocycles. The van der Waals surface area contributed by atoms with Crippen molar-refractivity contribution in [1.82, 2.24) is 10.6 Å². The van der Waals surface area contributed by atoms with Gasteiger partial charge in [-0.1, -0.05) is 48.5 Å². The number of nitrogens with one attached hydrogen (secondary N) is 2. The van der Waals surface area contributed by atoms with Gasteiger partial charge in [0, 0.05) is 12.0 Å². The fourth-order valence-electron chi connectivity index (χ4n) is 4.93. The molecule has 0 radical (unpaired) electrons. The number of thioether (sulfide) groups is 1. The van der Waals surface area contributed by atoms with Gasteiger partial charge in [-0.3, -0.25) is 9.59 Å². The zero-order valence-electron chi connectivity index (χ0n) is 19.2. The highest BCUT2D eigenvalue weighted by atomic mass is 32.2. The molecule has 0 heterocycles. The number of carbonyl (C=O) groups excluding carboxylic acids is 2. The summed E-state index contributed by atoms with van der Waals surface area (Å²) in [5.74, 6) is -0.899. The Morgan fingerprint density at radius 1 is 1.06 bits per heavy atom. The van der Waals surface area contributed by atoms with Crippen LogP contribution in [-0.2, 0) is 14.3 Å². The van der Waals surface area contributed by atoms with E-state index in [4.69, 9.17) is 4.74 Å². The summed E-state index contributed by atoms with van der Waals surface area (Å²) in [6, 6.07) is 15.3. The fraction of sp³-hybridized carbons (Fsp3) is 0.423. The SMILES string of the molecule is CSCC[C@H](NC(=O)OCC1c2ccccc2-c2ccccc21)C(=O)N[C@@H]1CC[C@H](C(=O)O)C1. The average Bonchev–Trinajstić information content (AvgIpc) is 3.43. The van der Waals surface area contributed by atoms with Crippen molar-refractivity contribution in [2.24, 2.45) is 5.92 Å². The van der Waals surface area contributed by atoms with E-state index in [-0.39, 0.29) is 24.5 Å². The minimum Gasteiger partial charge on any atom is -0.481 e. The molecule has 0 spiro atoms. The lowest BCUT2D eigenvalue weighted by atomic mass is 9.98. The maximum absolute atomic E-state index is 12.9. The number of rotatable bonds is 9. The molecule has 2 aromatic carbocycles. The Labute approximate surface area is 203 Å². The first kappa shape index (κ1) is 24.1. The average molecular weight is 483 g/mol. The number of benzene rings is 2. The standard InChI is InChI=1S/C26H30N2O5S/c1-34-13-12-23(24(29)27-17-11-10-16(14-17)25(30)31)28-26(32)33-15-22-20-8-4-2-6-18(20)19-7-3-5-9-21(19)22/h2-9,16-17,22-23H,10-15H2,1H3,(H,27,29)(H,28,32)(H,30,31)/t16-,17+,23-/m0/s1. The predicted molar refractivity (Wildman–Crippen MR) is 132 cm³/mol. The molecule has 1 saturated carbocycles. The van der Waals surface area contributed by atoms with E-state index in [9.17, 15) is 19.5 Å². The number of alkyl carbamates (subject to hydrolysis) is 1. The molecule has 180 valence electrons. The maximum Gasteiger partial charge on any atom is 0.407 e. The molecule has 3 atom stereocenters. The van der Waals surface area contributed by atoms with Gasteiger partial charge < -0.3 is 20.5 Å². The van der Waals surface area contributed by atoms with Crippen LogP contribution in [0.2, 0.25) is 0 Å². The van der Waals surface area contributed by atoms with Crippen LogP contribution in [0.25, 0.3) is 11.1 Å². The summed E-state index contributed by atoms with van der Waals surface area (Å²) in [7, 11) is 0. The van der Waals surface area contributed by atoms with Gasteiger partial charge in [-0.15, -0.1) is 0 Å². The van der Waals surface area contributed by atoms with Crippen LogP contribution in [0.5, 0.6) is 0 Å². The van der Waals surface area contributed by atoms with E-state index in [0.717, 1.165) is 22.3 Å². The van der Waals surface area contributed by atoms with E-state index in [0.29, 0.717) is 31.4 Å². The third-order valence-electron chi connectivity index (χ3n) is 6.69. The highest BCUT2D eigenvalue weighted by molar-refractivity contribution is 7.98. The Hall–Kier alpha value is -3.00. The fourth-order valence-corrected chi connectivity index (χ4v) is 5.40. The van der Waals surface area contributed by atoms with E-state index in [1.807, 2.05) is 30.5 Å². The van der Waals surface area contributed by atoms with Gasteiger partial charge in [0.15, 0.2) is 0 Å². The summed E-state index contributed by atoms with van der Waals surface area (Å²) < 4.78 is 5.60. The van der Waals surface area contributed by atoms with Gasteiger partial charge in [0.05, 0.1) is 5.92 Å². The largest absolute Gasteiger partial charge is 0.481 e. The van der Waals surface area contributed by atoms with Crippen molar-refractivity contribution < 1.29 is 24.2 Å². The number of ether oxygens (including phenoxy) is 1. The summed E-state index contributed by atoms with van der Waals surface area (Å²) in [6.45, 7) is 0.180. The van der Waals surface area contributed by atoms with Gasteiger partial charge in [0.2, 0.25) is 5.91 Å². The van der Waals surface area contributed by atoms with Gasteiger partial charge in [-0.25, -0.2) is 4.79 Å². The van der Waals surface area contributed by atoms with Crippen molar-refractivity contribution in [2.75, 3.05) is 18.6 Å². The molecule has 1 fully saturated rings. The maximum atomic E-state index is 12.9. The molecular formula is C26H30N2O5S. The first-order valence-corrected chi connectivity index (χ1v) is 13.0. The van der Waals surface area contributed by atoms with Crippen molar-refractivity contribution in [2.45, 2.75) is 43.7 Å². The number of carboxylic acids is 1. The minimum atomic E-state index is -0.826. The molecule has 34 heavy (non-hydrogen) atoms. The highest BCUT2D eigenvalue weighted by Gasteiger charge is 2.33. The van der Waals surface area contributed by atoms with Crippen molar-refractivity contribution >= 4 is 29.7 Å². The Balaban J connectivity index is 1.36. The lowest BCUT2D eigenvalue weighted by Gasteiger charge is -2.21. The van der Waals surface area contributed by atoms with Crippen LogP contribution >= 0.6 is 11.8 Å². The van der Waals surface area contributed by atoms with Gasteiger partial charge in [-0.2, -0.15) is 11.8 Å². The normalized spacial score (nSPS) is 19.7. The Morgan fingerprint density at radius 3 is 2.29 bits per heavy atom. The second-order valence-electron chi connectivity index (χ2n) is 8.86. The zero-order valence-corrected chi connectivity index (χ0v) is 20.0. The van der Waals surface area contributed by atoms with Gasteiger partial charge in [-0.05, 0) is 59.9 Å². The monoisotopic (exact) mass is 482 g/mol. The van der Waals surface area contributed by atoms with E-state index in [1.165, 1.54) is 0 Å². The molecule has 8 heteroatoms. The highest BCUT2D eigenvalue weighted by Crippen LogP contribution is 2.44. The molecule has 0 bridgehead atoms. The van der Waals surface area contributed by atoms with Gasteiger partial charge >= 0.3 is 12.1 Å². The second-order valence-corrected chi connectivity index (χ2v) is 9.84. The quantitative estimate of drug-likeness (QED) is 0.499. The van der Waals surface area contributed by atoms with E-state index >= 15 is 0 Å². The Bertz CT molecular complexity index is 1010. The summed E-state index contributed by atoms with van der Waals surface area (Å²) in [4.78, 5) is 36.7. The molecular weight excluding hydrogens is 452 g/mol. The summed E-state index contributed by atoms with van der Waals surface area (Å²) in [6.07, 6.45) is 3.38. The summed E-state index contributed by atoms with van der Waals surface area (Å²) in [5, 5.41) is 14.8. The van der Waals surface area contributed by atoms with Crippen molar-refractivity contribution in [3.8, 4) is 11.1 Å². The third-order valence-corrected chi connectivity index (χ3v) is 7.34. The van der Waals surface area contributed by atoms with Crippen LogP contribution in [-0.4, -0.2) is 53.8 Å². The zero-order chi connectivity index (χ0) is 24.1. The second kappa shape index (κ2) is 11.0. The minimum absolute atomic E-state index is 0.0527. The van der Waals surface area contributed by atoms with Crippen LogP contribution in [0.1, 0.15) is 42.7 Å². The van der Waals surface area contributed by atoms with Crippen molar-refractivity contribution in [3.63, 3.8) is 0 Å². The number of hydrogen-bond donors (Lipinski definition) is 3. The number of carbonyl (C=O) groups is 3. The Kier molecular flexibility index (Phi) is 7.77.